The van der Waals surface area contributed by atoms with Crippen molar-refractivity contribution in [3.05, 3.63) is 89.0 Å². The number of hydrogen-bond donors (Lipinski definition) is 1. The number of nitrogens with zero attached hydrogens (tertiary/aromatic N) is 1. The van der Waals surface area contributed by atoms with Crippen LogP contribution in [0.2, 0.25) is 0 Å². The van der Waals surface area contributed by atoms with Crippen molar-refractivity contribution in [1.82, 2.24) is 0 Å². The van der Waals surface area contributed by atoms with Crippen molar-refractivity contribution < 1.29 is 28.9 Å². The Bertz CT molecular complexity index is 1360. The number of aryl methyl sites for hydroxylation is 1. The van der Waals surface area contributed by atoms with E-state index >= 15 is 0 Å². The fourth-order valence-electron chi connectivity index (χ4n) is 4.37. The van der Waals surface area contributed by atoms with Gasteiger partial charge >= 0.3 is 0 Å². The monoisotopic (exact) mass is 501 g/mol. The Balaban J connectivity index is 1.95. The van der Waals surface area contributed by atoms with Crippen LogP contribution in [-0.2, 0) is 9.59 Å². The highest BCUT2D eigenvalue weighted by atomic mass is 16.5. The van der Waals surface area contributed by atoms with Crippen molar-refractivity contribution in [2.24, 2.45) is 5.92 Å². The van der Waals surface area contributed by atoms with E-state index in [4.69, 9.17) is 14.2 Å². The standard InChI is InChI=1S/C30H31NO6/c1-18(2)17-37-23-11-7-9-20(15-23)27-26(28(32)24-16-22(35-4)12-13-25(24)36-5)29(33)30(34)31(27)21-10-6-8-19(3)14-21/h6-16,18,27,32H,17H2,1-5H3/b28-26+. The highest BCUT2D eigenvalue weighted by molar-refractivity contribution is 6.51. The first kappa shape index (κ1) is 25.8. The summed E-state index contributed by atoms with van der Waals surface area (Å²) < 4.78 is 16.7. The van der Waals surface area contributed by atoms with E-state index in [-0.39, 0.29) is 16.9 Å². The number of anilines is 1. The maximum Gasteiger partial charge on any atom is 0.300 e. The maximum atomic E-state index is 13.5. The number of benzene rings is 3. The number of aliphatic hydroxyl groups excluding tert-OH is 1. The number of amides is 1. The molecule has 1 heterocycles. The molecule has 0 aromatic heterocycles. The normalized spacial score (nSPS) is 16.8. The average Bonchev–Trinajstić information content (AvgIpc) is 3.17. The SMILES string of the molecule is COc1ccc(OC)c(/C(O)=C2\C(=O)C(=O)N(c3cccc(C)c3)C2c2cccc(OCC(C)C)c2)c1. The van der Waals surface area contributed by atoms with E-state index in [1.165, 1.54) is 19.1 Å². The minimum absolute atomic E-state index is 0.0425. The predicted molar refractivity (Wildman–Crippen MR) is 142 cm³/mol. The molecule has 0 bridgehead atoms. The van der Waals surface area contributed by atoms with Crippen LogP contribution in [0.15, 0.2) is 72.3 Å². The summed E-state index contributed by atoms with van der Waals surface area (Å²) in [5, 5.41) is 11.5. The molecule has 3 aromatic carbocycles. The van der Waals surface area contributed by atoms with Gasteiger partial charge in [0.15, 0.2) is 0 Å². The number of rotatable bonds is 8. The van der Waals surface area contributed by atoms with E-state index in [1.54, 1.807) is 30.3 Å². The number of Topliss-reactive ketones (excluding diaryl/α,β-unsaturated/α-hetero) is 1. The van der Waals surface area contributed by atoms with Gasteiger partial charge in [-0.2, -0.15) is 0 Å². The molecule has 1 N–H and O–H groups in total. The summed E-state index contributed by atoms with van der Waals surface area (Å²) in [5.41, 5.74) is 2.32. The second-order valence-corrected chi connectivity index (χ2v) is 9.35. The first-order valence-corrected chi connectivity index (χ1v) is 12.1. The van der Waals surface area contributed by atoms with E-state index in [9.17, 15) is 14.7 Å². The van der Waals surface area contributed by atoms with Gasteiger partial charge in [-0.05, 0) is 66.4 Å². The summed E-state index contributed by atoms with van der Waals surface area (Å²) in [5.74, 6) is -0.122. The van der Waals surface area contributed by atoms with Crippen molar-refractivity contribution in [3.63, 3.8) is 0 Å². The quantitative estimate of drug-likeness (QED) is 0.243. The Morgan fingerprint density at radius 2 is 1.70 bits per heavy atom. The molecule has 1 fully saturated rings. The molecule has 37 heavy (non-hydrogen) atoms. The van der Waals surface area contributed by atoms with Crippen molar-refractivity contribution >= 4 is 23.1 Å². The van der Waals surface area contributed by atoms with Crippen molar-refractivity contribution in [2.45, 2.75) is 26.8 Å². The zero-order chi connectivity index (χ0) is 26.7. The number of hydrogen-bond acceptors (Lipinski definition) is 6. The summed E-state index contributed by atoms with van der Waals surface area (Å²) in [6, 6.07) is 18.6. The Hall–Kier alpha value is -4.26. The minimum atomic E-state index is -0.889. The third kappa shape index (κ3) is 5.16. The molecule has 3 aromatic rings. The van der Waals surface area contributed by atoms with Crippen LogP contribution in [0, 0.1) is 12.8 Å². The molecule has 0 spiro atoms. The van der Waals surface area contributed by atoms with Crippen LogP contribution in [0.1, 0.15) is 36.6 Å². The number of carbonyl (C=O) groups excluding carboxylic acids is 2. The van der Waals surface area contributed by atoms with Gasteiger partial charge in [0, 0.05) is 5.69 Å². The summed E-state index contributed by atoms with van der Waals surface area (Å²) >= 11 is 0. The zero-order valence-electron chi connectivity index (χ0n) is 21.6. The third-order valence-electron chi connectivity index (χ3n) is 6.14. The largest absolute Gasteiger partial charge is 0.507 e. The first-order valence-electron chi connectivity index (χ1n) is 12.1. The summed E-state index contributed by atoms with van der Waals surface area (Å²) in [7, 11) is 2.97. The van der Waals surface area contributed by atoms with Gasteiger partial charge in [0.2, 0.25) is 0 Å². The Morgan fingerprint density at radius 3 is 2.38 bits per heavy atom. The second kappa shape index (κ2) is 10.8. The van der Waals surface area contributed by atoms with Crippen molar-refractivity contribution in [1.29, 1.82) is 0 Å². The maximum absolute atomic E-state index is 13.5. The third-order valence-corrected chi connectivity index (χ3v) is 6.14. The van der Waals surface area contributed by atoms with Gasteiger partial charge in [-0.25, -0.2) is 0 Å². The lowest BCUT2D eigenvalue weighted by Gasteiger charge is -2.26. The zero-order valence-corrected chi connectivity index (χ0v) is 21.6. The Morgan fingerprint density at radius 1 is 0.946 bits per heavy atom. The van der Waals surface area contributed by atoms with E-state index in [2.05, 4.69) is 13.8 Å². The molecule has 1 aliphatic heterocycles. The predicted octanol–water partition coefficient (Wildman–Crippen LogP) is 5.67. The van der Waals surface area contributed by atoms with Gasteiger partial charge in [0.25, 0.3) is 11.7 Å². The van der Waals surface area contributed by atoms with Crippen LogP contribution >= 0.6 is 0 Å². The molecule has 1 amide bonds. The Kier molecular flexibility index (Phi) is 7.53. The van der Waals surface area contributed by atoms with Gasteiger partial charge in [0.1, 0.15) is 23.0 Å². The van der Waals surface area contributed by atoms with E-state index in [1.807, 2.05) is 43.3 Å². The van der Waals surface area contributed by atoms with Crippen LogP contribution in [0.25, 0.3) is 5.76 Å². The van der Waals surface area contributed by atoms with E-state index in [0.717, 1.165) is 5.56 Å². The lowest BCUT2D eigenvalue weighted by Crippen LogP contribution is -2.29. The van der Waals surface area contributed by atoms with E-state index in [0.29, 0.717) is 41.0 Å². The van der Waals surface area contributed by atoms with Crippen LogP contribution in [-0.4, -0.2) is 37.6 Å². The summed E-state index contributed by atoms with van der Waals surface area (Å²) in [6.07, 6.45) is 0. The summed E-state index contributed by atoms with van der Waals surface area (Å²) in [4.78, 5) is 28.4. The molecule has 0 aliphatic carbocycles. The topological polar surface area (TPSA) is 85.3 Å². The fourth-order valence-corrected chi connectivity index (χ4v) is 4.37. The molecule has 1 aliphatic rings. The number of ether oxygens (including phenoxy) is 3. The van der Waals surface area contributed by atoms with Crippen LogP contribution in [0.4, 0.5) is 5.69 Å². The molecule has 1 unspecified atom stereocenters. The number of carbonyl (C=O) groups is 2. The van der Waals surface area contributed by atoms with Gasteiger partial charge in [-0.15, -0.1) is 0 Å². The van der Waals surface area contributed by atoms with Crippen LogP contribution in [0.5, 0.6) is 17.2 Å². The lowest BCUT2D eigenvalue weighted by atomic mass is 9.94. The molecule has 0 radical (unpaired) electrons. The van der Waals surface area contributed by atoms with Crippen LogP contribution < -0.4 is 19.1 Å². The number of ketones is 1. The van der Waals surface area contributed by atoms with E-state index < -0.39 is 17.7 Å². The van der Waals surface area contributed by atoms with Gasteiger partial charge in [0.05, 0.1) is 38.0 Å². The lowest BCUT2D eigenvalue weighted by molar-refractivity contribution is -0.132. The molecular formula is C30H31NO6. The van der Waals surface area contributed by atoms with Crippen LogP contribution in [0.3, 0.4) is 0 Å². The second-order valence-electron chi connectivity index (χ2n) is 9.35. The first-order chi connectivity index (χ1) is 17.7. The van der Waals surface area contributed by atoms with Gasteiger partial charge in [-0.3, -0.25) is 14.5 Å². The molecule has 1 saturated heterocycles. The van der Waals surface area contributed by atoms with Gasteiger partial charge < -0.3 is 19.3 Å². The smallest absolute Gasteiger partial charge is 0.300 e. The number of aliphatic hydroxyl groups is 1. The molecule has 192 valence electrons. The molecule has 7 heteroatoms. The minimum Gasteiger partial charge on any atom is -0.507 e. The highest BCUT2D eigenvalue weighted by Crippen LogP contribution is 2.44. The highest BCUT2D eigenvalue weighted by Gasteiger charge is 2.47. The molecule has 1 atom stereocenters. The fraction of sp³-hybridized carbons (Fsp3) is 0.267. The summed E-state index contributed by atoms with van der Waals surface area (Å²) in [6.45, 7) is 6.54. The molecule has 4 rings (SSSR count). The van der Waals surface area contributed by atoms with Crippen molar-refractivity contribution in [3.8, 4) is 17.2 Å². The molecule has 7 nitrogen and oxygen atoms in total. The van der Waals surface area contributed by atoms with Crippen molar-refractivity contribution in [2.75, 3.05) is 25.7 Å². The molecule has 0 saturated carbocycles. The Labute approximate surface area is 216 Å². The van der Waals surface area contributed by atoms with Gasteiger partial charge in [-0.1, -0.05) is 38.1 Å². The number of methoxy groups -OCH3 is 2. The average molecular weight is 502 g/mol. The molecular weight excluding hydrogens is 470 g/mol.